The first-order valence-corrected chi connectivity index (χ1v) is 10.1. The van der Waals surface area contributed by atoms with E-state index in [1.165, 1.54) is 11.3 Å². The summed E-state index contributed by atoms with van der Waals surface area (Å²) in [6.07, 6.45) is 3.09. The van der Waals surface area contributed by atoms with Gasteiger partial charge in [-0.2, -0.15) is 0 Å². The Morgan fingerprint density at radius 1 is 1.25 bits per heavy atom. The van der Waals surface area contributed by atoms with Gasteiger partial charge in [0.2, 0.25) is 0 Å². The van der Waals surface area contributed by atoms with Gasteiger partial charge in [0.1, 0.15) is 16.3 Å². The molecule has 28 heavy (non-hydrogen) atoms. The number of carbonyl (C=O) groups excluding carboxylic acids is 1. The second-order valence-corrected chi connectivity index (χ2v) is 7.59. The summed E-state index contributed by atoms with van der Waals surface area (Å²) in [4.78, 5) is 18.4. The van der Waals surface area contributed by atoms with E-state index in [4.69, 9.17) is 13.9 Å². The van der Waals surface area contributed by atoms with Crippen LogP contribution in [0.15, 0.2) is 47.1 Å². The monoisotopic (exact) mass is 398 g/mol. The number of nitrogens with one attached hydrogen (secondary N) is 1. The molecule has 0 radical (unpaired) electrons. The summed E-state index contributed by atoms with van der Waals surface area (Å²) in [5.74, 6) is 1.52. The Kier molecular flexibility index (Phi) is 5.73. The van der Waals surface area contributed by atoms with Crippen molar-refractivity contribution in [3.8, 4) is 17.2 Å². The van der Waals surface area contributed by atoms with Gasteiger partial charge in [0.15, 0.2) is 16.7 Å². The highest BCUT2D eigenvalue weighted by molar-refractivity contribution is 7.18. The molecular formula is C21H22N2O4S. The molecule has 146 valence electrons. The van der Waals surface area contributed by atoms with Gasteiger partial charge in [-0.3, -0.25) is 4.79 Å². The van der Waals surface area contributed by atoms with Gasteiger partial charge in [0.25, 0.3) is 0 Å². The van der Waals surface area contributed by atoms with Crippen LogP contribution < -0.4 is 10.1 Å². The van der Waals surface area contributed by atoms with Gasteiger partial charge in [-0.15, -0.1) is 0 Å². The molecule has 0 amide bonds. The number of aromatic nitrogens is 1. The van der Waals surface area contributed by atoms with Crippen molar-refractivity contribution in [2.45, 2.75) is 19.4 Å². The summed E-state index contributed by atoms with van der Waals surface area (Å²) in [6.45, 7) is 1.81. The number of para-hydroxylation sites is 1. The Bertz CT molecular complexity index is 930. The third-order valence-electron chi connectivity index (χ3n) is 4.82. The van der Waals surface area contributed by atoms with E-state index in [9.17, 15) is 4.79 Å². The van der Waals surface area contributed by atoms with Crippen molar-refractivity contribution in [3.05, 3.63) is 53.1 Å². The van der Waals surface area contributed by atoms with Crippen LogP contribution in [0.3, 0.4) is 0 Å². The molecule has 3 heterocycles. The molecule has 6 nitrogen and oxygen atoms in total. The second-order valence-electron chi connectivity index (χ2n) is 6.59. The van der Waals surface area contributed by atoms with Crippen molar-refractivity contribution in [1.82, 2.24) is 4.98 Å². The van der Waals surface area contributed by atoms with Crippen LogP contribution in [0, 0.1) is 5.92 Å². The Labute approximate surface area is 167 Å². The van der Waals surface area contributed by atoms with Crippen molar-refractivity contribution in [3.63, 3.8) is 0 Å². The van der Waals surface area contributed by atoms with Gasteiger partial charge in [-0.25, -0.2) is 4.98 Å². The molecule has 1 saturated heterocycles. The highest BCUT2D eigenvalue weighted by atomic mass is 32.1. The molecule has 0 saturated carbocycles. The molecule has 0 unspecified atom stereocenters. The normalized spacial score (nSPS) is 14.8. The molecule has 2 aromatic heterocycles. The van der Waals surface area contributed by atoms with Crippen LogP contribution >= 0.6 is 11.3 Å². The van der Waals surface area contributed by atoms with E-state index in [0.29, 0.717) is 41.2 Å². The lowest BCUT2D eigenvalue weighted by Crippen LogP contribution is -2.23. The number of carbonyl (C=O) groups is 1. The standard InChI is InChI=1S/C21H22N2O4S/c1-25-16-6-3-2-5-15(16)13-22-21-23-18(17-7-4-10-27-17)20(28-21)19(24)14-8-11-26-12-9-14/h2-7,10,14H,8-9,11-13H2,1H3,(H,22,23). The van der Waals surface area contributed by atoms with Crippen LogP contribution in [0.4, 0.5) is 5.13 Å². The number of rotatable bonds is 7. The SMILES string of the molecule is COc1ccccc1CNc1nc(-c2ccco2)c(C(=O)C2CCOCC2)s1. The van der Waals surface area contributed by atoms with Crippen LogP contribution in [0.25, 0.3) is 11.5 Å². The van der Waals surface area contributed by atoms with Gasteiger partial charge >= 0.3 is 0 Å². The zero-order valence-electron chi connectivity index (χ0n) is 15.6. The molecule has 1 aliphatic heterocycles. The summed E-state index contributed by atoms with van der Waals surface area (Å²) in [5, 5.41) is 4.01. The van der Waals surface area contributed by atoms with E-state index in [1.54, 1.807) is 19.4 Å². The fourth-order valence-corrected chi connectivity index (χ4v) is 4.29. The van der Waals surface area contributed by atoms with E-state index < -0.39 is 0 Å². The van der Waals surface area contributed by atoms with E-state index >= 15 is 0 Å². The van der Waals surface area contributed by atoms with E-state index in [1.807, 2.05) is 30.3 Å². The van der Waals surface area contributed by atoms with Crippen LogP contribution in [0.5, 0.6) is 5.75 Å². The minimum atomic E-state index is -0.0232. The molecule has 0 bridgehead atoms. The lowest BCUT2D eigenvalue weighted by molar-refractivity contribution is 0.0547. The maximum atomic E-state index is 13.1. The quantitative estimate of drug-likeness (QED) is 0.585. The first-order chi connectivity index (χ1) is 13.8. The summed E-state index contributed by atoms with van der Waals surface area (Å²) < 4.78 is 16.3. The Morgan fingerprint density at radius 2 is 2.07 bits per heavy atom. The number of hydrogen-bond acceptors (Lipinski definition) is 7. The fraction of sp³-hybridized carbons (Fsp3) is 0.333. The van der Waals surface area contributed by atoms with E-state index in [0.717, 1.165) is 24.2 Å². The number of Topliss-reactive ketones (excluding diaryl/α,β-unsaturated/α-hetero) is 1. The van der Waals surface area contributed by atoms with Gasteiger partial charge in [-0.1, -0.05) is 29.5 Å². The maximum absolute atomic E-state index is 13.1. The summed E-state index contributed by atoms with van der Waals surface area (Å²) >= 11 is 1.38. The number of thiazole rings is 1. The Morgan fingerprint density at radius 3 is 2.82 bits per heavy atom. The predicted octanol–water partition coefficient (Wildman–Crippen LogP) is 4.63. The third-order valence-corrected chi connectivity index (χ3v) is 5.85. The van der Waals surface area contributed by atoms with Crippen LogP contribution in [-0.4, -0.2) is 31.1 Å². The minimum absolute atomic E-state index is 0.0232. The number of nitrogens with zero attached hydrogens (tertiary/aromatic N) is 1. The van der Waals surface area contributed by atoms with Gasteiger partial charge < -0.3 is 19.2 Å². The molecule has 1 aliphatic rings. The van der Waals surface area contributed by atoms with E-state index in [2.05, 4.69) is 10.3 Å². The van der Waals surface area contributed by atoms with Crippen molar-refractivity contribution in [2.75, 3.05) is 25.6 Å². The van der Waals surface area contributed by atoms with Crippen LogP contribution in [0.2, 0.25) is 0 Å². The lowest BCUT2D eigenvalue weighted by Gasteiger charge is -2.20. The van der Waals surface area contributed by atoms with Gasteiger partial charge in [-0.05, 0) is 31.0 Å². The van der Waals surface area contributed by atoms with Crippen molar-refractivity contribution in [1.29, 1.82) is 0 Å². The Hall–Kier alpha value is -2.64. The molecule has 0 spiro atoms. The molecule has 4 rings (SSSR count). The molecular weight excluding hydrogens is 376 g/mol. The number of benzene rings is 1. The molecule has 0 aliphatic carbocycles. The zero-order valence-corrected chi connectivity index (χ0v) is 16.5. The number of hydrogen-bond donors (Lipinski definition) is 1. The van der Waals surface area contributed by atoms with Crippen molar-refractivity contribution < 1.29 is 18.7 Å². The largest absolute Gasteiger partial charge is 0.496 e. The average Bonchev–Trinajstić information content (AvgIpc) is 3.42. The second kappa shape index (κ2) is 8.58. The average molecular weight is 398 g/mol. The molecule has 7 heteroatoms. The minimum Gasteiger partial charge on any atom is -0.496 e. The summed E-state index contributed by atoms with van der Waals surface area (Å²) in [6, 6.07) is 11.5. The number of ketones is 1. The summed E-state index contributed by atoms with van der Waals surface area (Å²) in [7, 11) is 1.65. The van der Waals surface area contributed by atoms with Gasteiger partial charge in [0, 0.05) is 31.2 Å². The van der Waals surface area contributed by atoms with Crippen molar-refractivity contribution >= 4 is 22.3 Å². The predicted molar refractivity (Wildman–Crippen MR) is 108 cm³/mol. The fourth-order valence-electron chi connectivity index (χ4n) is 3.31. The first kappa shape index (κ1) is 18.7. The van der Waals surface area contributed by atoms with Crippen LogP contribution in [0.1, 0.15) is 28.1 Å². The molecule has 3 aromatic rings. The highest BCUT2D eigenvalue weighted by Crippen LogP contribution is 2.35. The first-order valence-electron chi connectivity index (χ1n) is 9.28. The van der Waals surface area contributed by atoms with E-state index in [-0.39, 0.29) is 11.7 Å². The van der Waals surface area contributed by atoms with Crippen molar-refractivity contribution in [2.24, 2.45) is 5.92 Å². The molecule has 0 atom stereocenters. The summed E-state index contributed by atoms with van der Waals surface area (Å²) in [5.41, 5.74) is 1.63. The maximum Gasteiger partial charge on any atom is 0.184 e. The molecule has 1 N–H and O–H groups in total. The number of ether oxygens (including phenoxy) is 2. The lowest BCUT2D eigenvalue weighted by atomic mass is 9.94. The smallest absolute Gasteiger partial charge is 0.184 e. The van der Waals surface area contributed by atoms with Crippen LogP contribution in [-0.2, 0) is 11.3 Å². The number of furan rings is 1. The number of methoxy groups -OCH3 is 1. The number of anilines is 1. The molecule has 1 fully saturated rings. The zero-order chi connectivity index (χ0) is 19.3. The highest BCUT2D eigenvalue weighted by Gasteiger charge is 2.29. The van der Waals surface area contributed by atoms with Gasteiger partial charge in [0.05, 0.1) is 13.4 Å². The topological polar surface area (TPSA) is 73.6 Å². The third kappa shape index (κ3) is 3.95. The Balaban J connectivity index is 1.59. The molecule has 1 aromatic carbocycles.